The van der Waals surface area contributed by atoms with Gasteiger partial charge in [0.15, 0.2) is 0 Å². The summed E-state index contributed by atoms with van der Waals surface area (Å²) in [6.45, 7) is 3.21. The standard InChI is InChI=1S/C19H22Cl2N4O2/c1-12-4-5-14(10-15(12)20)25-19(27)17(21)16(11-22-25)24-8-6-13(7-9-24)18(26)23(2)3/h4-5,10-11,13H,6-9H2,1-3H3. The zero-order valence-electron chi connectivity index (χ0n) is 15.6. The van der Waals surface area contributed by atoms with E-state index >= 15 is 0 Å². The topological polar surface area (TPSA) is 58.4 Å². The van der Waals surface area contributed by atoms with Crippen LogP contribution in [-0.2, 0) is 4.79 Å². The zero-order chi connectivity index (χ0) is 19.7. The van der Waals surface area contributed by atoms with Crippen LogP contribution in [-0.4, -0.2) is 47.8 Å². The maximum Gasteiger partial charge on any atom is 0.292 e. The number of amides is 1. The van der Waals surface area contributed by atoms with Crippen LogP contribution in [0.4, 0.5) is 5.69 Å². The normalized spacial score (nSPS) is 15.1. The largest absolute Gasteiger partial charge is 0.369 e. The van der Waals surface area contributed by atoms with E-state index < -0.39 is 0 Å². The molecule has 144 valence electrons. The van der Waals surface area contributed by atoms with Crippen molar-refractivity contribution in [3.05, 3.63) is 50.4 Å². The molecular formula is C19H22Cl2N4O2. The number of piperidine rings is 1. The second-order valence-electron chi connectivity index (χ2n) is 6.99. The number of carbonyl (C=O) groups is 1. The Hall–Kier alpha value is -2.05. The molecule has 0 unspecified atom stereocenters. The molecule has 6 nitrogen and oxygen atoms in total. The molecule has 1 saturated heterocycles. The van der Waals surface area contributed by atoms with Crippen LogP contribution in [0.2, 0.25) is 10.0 Å². The van der Waals surface area contributed by atoms with E-state index in [0.717, 1.165) is 18.4 Å². The fourth-order valence-corrected chi connectivity index (χ4v) is 3.70. The number of anilines is 1. The number of carbonyl (C=O) groups excluding carboxylic acids is 1. The average molecular weight is 409 g/mol. The Bertz CT molecular complexity index is 918. The highest BCUT2D eigenvalue weighted by atomic mass is 35.5. The second kappa shape index (κ2) is 7.90. The van der Waals surface area contributed by atoms with Crippen molar-refractivity contribution >= 4 is 34.8 Å². The lowest BCUT2D eigenvalue weighted by atomic mass is 9.95. The monoisotopic (exact) mass is 408 g/mol. The minimum Gasteiger partial charge on any atom is -0.369 e. The molecular weight excluding hydrogens is 387 g/mol. The molecule has 0 saturated carbocycles. The van der Waals surface area contributed by atoms with Gasteiger partial charge in [0.05, 0.1) is 17.6 Å². The average Bonchev–Trinajstić information content (AvgIpc) is 2.66. The maximum absolute atomic E-state index is 12.7. The Morgan fingerprint density at radius 3 is 2.48 bits per heavy atom. The molecule has 1 aromatic heterocycles. The molecule has 2 aromatic rings. The molecule has 0 aliphatic carbocycles. The van der Waals surface area contributed by atoms with Crippen molar-refractivity contribution in [1.82, 2.24) is 14.7 Å². The quantitative estimate of drug-likeness (QED) is 0.782. The molecule has 0 atom stereocenters. The predicted octanol–water partition coefficient (Wildman–Crippen LogP) is 3.15. The van der Waals surface area contributed by atoms with Gasteiger partial charge in [-0.15, -0.1) is 0 Å². The van der Waals surface area contributed by atoms with E-state index in [1.165, 1.54) is 4.68 Å². The lowest BCUT2D eigenvalue weighted by molar-refractivity contribution is -0.133. The van der Waals surface area contributed by atoms with Gasteiger partial charge in [-0.25, -0.2) is 0 Å². The summed E-state index contributed by atoms with van der Waals surface area (Å²) >= 11 is 12.5. The van der Waals surface area contributed by atoms with Gasteiger partial charge in [0.1, 0.15) is 5.02 Å². The van der Waals surface area contributed by atoms with Crippen LogP contribution in [0.15, 0.2) is 29.2 Å². The number of hydrogen-bond donors (Lipinski definition) is 0. The van der Waals surface area contributed by atoms with E-state index in [9.17, 15) is 9.59 Å². The summed E-state index contributed by atoms with van der Waals surface area (Å²) in [7, 11) is 3.54. The van der Waals surface area contributed by atoms with Crippen molar-refractivity contribution in [2.45, 2.75) is 19.8 Å². The van der Waals surface area contributed by atoms with Crippen LogP contribution in [0.3, 0.4) is 0 Å². The summed E-state index contributed by atoms with van der Waals surface area (Å²) in [5.41, 5.74) is 1.71. The van der Waals surface area contributed by atoms with E-state index in [4.69, 9.17) is 23.2 Å². The Morgan fingerprint density at radius 2 is 1.89 bits per heavy atom. The molecule has 27 heavy (non-hydrogen) atoms. The second-order valence-corrected chi connectivity index (χ2v) is 7.77. The number of rotatable bonds is 3. The third kappa shape index (κ3) is 3.96. The minimum absolute atomic E-state index is 0.0121. The van der Waals surface area contributed by atoms with Gasteiger partial charge in [-0.3, -0.25) is 9.59 Å². The SMILES string of the molecule is Cc1ccc(-n2ncc(N3CCC(C(=O)N(C)C)CC3)c(Cl)c2=O)cc1Cl. The first-order valence-corrected chi connectivity index (χ1v) is 9.55. The van der Waals surface area contributed by atoms with Crippen molar-refractivity contribution in [3.63, 3.8) is 0 Å². The smallest absolute Gasteiger partial charge is 0.292 e. The van der Waals surface area contributed by atoms with Gasteiger partial charge in [-0.1, -0.05) is 29.3 Å². The summed E-state index contributed by atoms with van der Waals surface area (Å²) in [6.07, 6.45) is 3.06. The highest BCUT2D eigenvalue weighted by molar-refractivity contribution is 6.33. The van der Waals surface area contributed by atoms with Crippen LogP contribution >= 0.6 is 23.2 Å². The van der Waals surface area contributed by atoms with Gasteiger partial charge >= 0.3 is 0 Å². The van der Waals surface area contributed by atoms with Crippen molar-refractivity contribution in [2.24, 2.45) is 5.92 Å². The molecule has 0 radical (unpaired) electrons. The highest BCUT2D eigenvalue weighted by Crippen LogP contribution is 2.28. The fourth-order valence-electron chi connectivity index (χ4n) is 3.27. The number of halogens is 2. The number of aromatic nitrogens is 2. The lowest BCUT2D eigenvalue weighted by Gasteiger charge is -2.34. The molecule has 3 rings (SSSR count). The molecule has 1 amide bonds. The molecule has 1 aromatic carbocycles. The molecule has 0 N–H and O–H groups in total. The first kappa shape index (κ1) is 19.7. The summed E-state index contributed by atoms with van der Waals surface area (Å²) in [6, 6.07) is 5.31. The van der Waals surface area contributed by atoms with E-state index in [-0.39, 0.29) is 22.4 Å². The van der Waals surface area contributed by atoms with Crippen molar-refractivity contribution in [1.29, 1.82) is 0 Å². The summed E-state index contributed by atoms with van der Waals surface area (Å²) in [5.74, 6) is 0.156. The van der Waals surface area contributed by atoms with Crippen molar-refractivity contribution in [2.75, 3.05) is 32.1 Å². The van der Waals surface area contributed by atoms with E-state index in [1.54, 1.807) is 37.3 Å². The van der Waals surface area contributed by atoms with Crippen LogP contribution in [0, 0.1) is 12.8 Å². The summed E-state index contributed by atoms with van der Waals surface area (Å²) in [4.78, 5) is 28.5. The van der Waals surface area contributed by atoms with Crippen LogP contribution in [0.25, 0.3) is 5.69 Å². The third-order valence-electron chi connectivity index (χ3n) is 4.93. The van der Waals surface area contributed by atoms with Gasteiger partial charge in [-0.05, 0) is 37.5 Å². The molecule has 2 heterocycles. The molecule has 8 heteroatoms. The molecule has 1 aliphatic rings. The first-order chi connectivity index (χ1) is 12.8. The Kier molecular flexibility index (Phi) is 5.77. The van der Waals surface area contributed by atoms with Crippen molar-refractivity contribution in [3.8, 4) is 5.69 Å². The summed E-state index contributed by atoms with van der Waals surface area (Å²) in [5, 5.41) is 4.97. The van der Waals surface area contributed by atoms with Gasteiger partial charge in [0.2, 0.25) is 5.91 Å². The number of benzene rings is 1. The molecule has 0 spiro atoms. The minimum atomic E-state index is -0.388. The van der Waals surface area contributed by atoms with Gasteiger partial charge in [-0.2, -0.15) is 9.78 Å². The summed E-state index contributed by atoms with van der Waals surface area (Å²) < 4.78 is 1.25. The van der Waals surface area contributed by atoms with Gasteiger partial charge in [0, 0.05) is 38.1 Å². The number of nitrogens with zero attached hydrogens (tertiary/aromatic N) is 4. The number of aryl methyl sites for hydroxylation is 1. The van der Waals surface area contributed by atoms with Crippen LogP contribution in [0.5, 0.6) is 0 Å². The van der Waals surface area contributed by atoms with Crippen LogP contribution in [0.1, 0.15) is 18.4 Å². The molecule has 1 fully saturated rings. The zero-order valence-corrected chi connectivity index (χ0v) is 17.1. The van der Waals surface area contributed by atoms with Gasteiger partial charge < -0.3 is 9.80 Å². The molecule has 1 aliphatic heterocycles. The Balaban J connectivity index is 1.83. The van der Waals surface area contributed by atoms with E-state index in [1.807, 2.05) is 17.9 Å². The van der Waals surface area contributed by atoms with E-state index in [2.05, 4.69) is 5.10 Å². The third-order valence-corrected chi connectivity index (χ3v) is 5.69. The highest BCUT2D eigenvalue weighted by Gasteiger charge is 2.27. The first-order valence-electron chi connectivity index (χ1n) is 8.80. The lowest BCUT2D eigenvalue weighted by Crippen LogP contribution is -2.41. The van der Waals surface area contributed by atoms with Crippen molar-refractivity contribution < 1.29 is 4.79 Å². The fraction of sp³-hybridized carbons (Fsp3) is 0.421. The van der Waals surface area contributed by atoms with E-state index in [0.29, 0.717) is 29.5 Å². The molecule has 0 bridgehead atoms. The Morgan fingerprint density at radius 1 is 1.22 bits per heavy atom. The predicted molar refractivity (Wildman–Crippen MR) is 108 cm³/mol. The van der Waals surface area contributed by atoms with Gasteiger partial charge in [0.25, 0.3) is 5.56 Å². The Labute approximate surface area is 168 Å². The maximum atomic E-state index is 12.7. The number of hydrogen-bond acceptors (Lipinski definition) is 4. The van der Waals surface area contributed by atoms with Crippen LogP contribution < -0.4 is 10.5 Å².